The molecule has 0 atom stereocenters. The zero-order chi connectivity index (χ0) is 12.3. The van der Waals surface area contributed by atoms with Crippen LogP contribution in [-0.4, -0.2) is 20.2 Å². The summed E-state index contributed by atoms with van der Waals surface area (Å²) in [5.74, 6) is 0. The molecule has 2 heterocycles. The molecule has 0 unspecified atom stereocenters. The van der Waals surface area contributed by atoms with Gasteiger partial charge in [-0.1, -0.05) is 10.4 Å². The van der Waals surface area contributed by atoms with Crippen LogP contribution < -0.4 is 5.32 Å². The predicted octanol–water partition coefficient (Wildman–Crippen LogP) is 1.31. The summed E-state index contributed by atoms with van der Waals surface area (Å²) in [5.41, 5.74) is 1.77. The summed E-state index contributed by atoms with van der Waals surface area (Å²) in [6.45, 7) is 7.61. The van der Waals surface area contributed by atoms with Crippen molar-refractivity contribution in [2.75, 3.05) is 0 Å². The molecule has 6 nitrogen and oxygen atoms in total. The molecular formula is C11H17N5O. The van der Waals surface area contributed by atoms with Crippen LogP contribution in [0.4, 0.5) is 0 Å². The lowest BCUT2D eigenvalue weighted by Gasteiger charge is -2.17. The average Bonchev–Trinajstić information content (AvgIpc) is 2.86. The number of hydrogen-bond acceptors (Lipinski definition) is 5. The lowest BCUT2D eigenvalue weighted by atomic mass is 10.1. The fourth-order valence-electron chi connectivity index (χ4n) is 1.35. The molecule has 0 aromatic carbocycles. The summed E-state index contributed by atoms with van der Waals surface area (Å²) in [5, 5.41) is 15.2. The van der Waals surface area contributed by atoms with Gasteiger partial charge in [-0.05, 0) is 20.8 Å². The molecule has 0 radical (unpaired) electrons. The highest BCUT2D eigenvalue weighted by atomic mass is 16.5. The van der Waals surface area contributed by atoms with E-state index in [9.17, 15) is 0 Å². The average molecular weight is 235 g/mol. The summed E-state index contributed by atoms with van der Waals surface area (Å²) >= 11 is 0. The van der Waals surface area contributed by atoms with Crippen molar-refractivity contribution in [3.05, 3.63) is 29.9 Å². The van der Waals surface area contributed by atoms with Crippen molar-refractivity contribution in [2.45, 2.75) is 39.4 Å². The fraction of sp³-hybridized carbons (Fsp3) is 0.545. The van der Waals surface area contributed by atoms with Crippen molar-refractivity contribution in [3.63, 3.8) is 0 Å². The zero-order valence-electron chi connectivity index (χ0n) is 10.3. The van der Waals surface area contributed by atoms with Gasteiger partial charge in [-0.25, -0.2) is 4.68 Å². The van der Waals surface area contributed by atoms with Gasteiger partial charge in [-0.3, -0.25) is 0 Å². The lowest BCUT2D eigenvalue weighted by Crippen LogP contribution is -2.22. The third-order valence-corrected chi connectivity index (χ3v) is 2.33. The van der Waals surface area contributed by atoms with Crippen LogP contribution in [-0.2, 0) is 18.6 Å². The van der Waals surface area contributed by atoms with Crippen LogP contribution in [0.3, 0.4) is 0 Å². The molecule has 0 aliphatic carbocycles. The Bertz CT molecular complexity index is 454. The summed E-state index contributed by atoms with van der Waals surface area (Å²) < 4.78 is 6.61. The first-order chi connectivity index (χ1) is 8.05. The molecule has 2 rings (SSSR count). The largest absolute Gasteiger partial charge is 0.364 e. The van der Waals surface area contributed by atoms with E-state index in [1.165, 1.54) is 0 Å². The highest BCUT2D eigenvalue weighted by Gasteiger charge is 2.14. The van der Waals surface area contributed by atoms with Gasteiger partial charge in [0.05, 0.1) is 23.1 Å². The molecular weight excluding hydrogens is 218 g/mol. The minimum atomic E-state index is -0.0304. The third kappa shape index (κ3) is 3.13. The van der Waals surface area contributed by atoms with Crippen molar-refractivity contribution in [1.82, 2.24) is 25.5 Å². The minimum absolute atomic E-state index is 0.0304. The zero-order valence-corrected chi connectivity index (χ0v) is 10.3. The molecule has 0 bridgehead atoms. The Morgan fingerprint density at radius 2 is 2.06 bits per heavy atom. The van der Waals surface area contributed by atoms with Crippen molar-refractivity contribution < 1.29 is 4.52 Å². The van der Waals surface area contributed by atoms with E-state index in [2.05, 4.69) is 41.6 Å². The normalized spacial score (nSPS) is 11.9. The van der Waals surface area contributed by atoms with Gasteiger partial charge >= 0.3 is 0 Å². The molecule has 1 N–H and O–H groups in total. The van der Waals surface area contributed by atoms with E-state index in [1.54, 1.807) is 6.26 Å². The van der Waals surface area contributed by atoms with Gasteiger partial charge in [0.25, 0.3) is 0 Å². The Kier molecular flexibility index (Phi) is 3.23. The Labute approximate surface area is 100.0 Å². The molecule has 2 aromatic rings. The topological polar surface area (TPSA) is 68.8 Å². The number of nitrogens with one attached hydrogen (secondary N) is 1. The van der Waals surface area contributed by atoms with Crippen LogP contribution in [0.25, 0.3) is 0 Å². The lowest BCUT2D eigenvalue weighted by molar-refractivity contribution is 0.347. The highest BCUT2D eigenvalue weighted by Crippen LogP contribution is 2.11. The Hall–Kier alpha value is -1.69. The van der Waals surface area contributed by atoms with Crippen LogP contribution >= 0.6 is 0 Å². The van der Waals surface area contributed by atoms with Crippen LogP contribution in [0.5, 0.6) is 0 Å². The second-order valence-electron chi connectivity index (χ2n) is 4.92. The van der Waals surface area contributed by atoms with Gasteiger partial charge in [-0.15, -0.1) is 5.10 Å². The molecule has 0 aliphatic heterocycles. The van der Waals surface area contributed by atoms with E-state index >= 15 is 0 Å². The van der Waals surface area contributed by atoms with E-state index in [-0.39, 0.29) is 5.54 Å². The van der Waals surface area contributed by atoms with Crippen molar-refractivity contribution >= 4 is 0 Å². The maximum atomic E-state index is 4.74. The van der Waals surface area contributed by atoms with Crippen LogP contribution in [0.2, 0.25) is 0 Å². The molecule has 0 saturated carbocycles. The van der Waals surface area contributed by atoms with Crippen LogP contribution in [0.1, 0.15) is 32.2 Å². The first kappa shape index (κ1) is 11.8. The quantitative estimate of drug-likeness (QED) is 0.865. The number of aromatic nitrogens is 4. The monoisotopic (exact) mass is 235 g/mol. The molecule has 0 amide bonds. The summed E-state index contributed by atoms with van der Waals surface area (Å²) in [6, 6.07) is 1.83. The van der Waals surface area contributed by atoms with Gasteiger partial charge in [0.2, 0.25) is 0 Å². The maximum absolute atomic E-state index is 4.74. The Morgan fingerprint density at radius 3 is 2.65 bits per heavy atom. The van der Waals surface area contributed by atoms with E-state index in [1.807, 2.05) is 16.9 Å². The second-order valence-corrected chi connectivity index (χ2v) is 4.92. The van der Waals surface area contributed by atoms with Gasteiger partial charge in [0.1, 0.15) is 6.26 Å². The van der Waals surface area contributed by atoms with Gasteiger partial charge < -0.3 is 9.84 Å². The van der Waals surface area contributed by atoms with Crippen molar-refractivity contribution in [1.29, 1.82) is 0 Å². The summed E-state index contributed by atoms with van der Waals surface area (Å²) in [6.07, 6.45) is 3.52. The smallest absolute Gasteiger partial charge is 0.124 e. The van der Waals surface area contributed by atoms with Crippen molar-refractivity contribution in [3.8, 4) is 0 Å². The van der Waals surface area contributed by atoms with Gasteiger partial charge in [0.15, 0.2) is 0 Å². The number of hydrogen-bond donors (Lipinski definition) is 1. The number of rotatable bonds is 4. The van der Waals surface area contributed by atoms with E-state index in [4.69, 9.17) is 4.52 Å². The van der Waals surface area contributed by atoms with E-state index in [0.717, 1.165) is 11.4 Å². The maximum Gasteiger partial charge on any atom is 0.124 e. The first-order valence-electron chi connectivity index (χ1n) is 5.57. The highest BCUT2D eigenvalue weighted by molar-refractivity contribution is 4.97. The van der Waals surface area contributed by atoms with Crippen molar-refractivity contribution in [2.24, 2.45) is 0 Å². The fourth-order valence-corrected chi connectivity index (χ4v) is 1.35. The SMILES string of the molecule is CC(C)(C)n1cc(CNCc2ccon2)nn1. The predicted molar refractivity (Wildman–Crippen MR) is 62.1 cm³/mol. The molecule has 0 saturated heterocycles. The summed E-state index contributed by atoms with van der Waals surface area (Å²) in [4.78, 5) is 0. The third-order valence-electron chi connectivity index (χ3n) is 2.33. The van der Waals surface area contributed by atoms with Gasteiger partial charge in [-0.2, -0.15) is 0 Å². The van der Waals surface area contributed by atoms with E-state index < -0.39 is 0 Å². The summed E-state index contributed by atoms with van der Waals surface area (Å²) in [7, 11) is 0. The molecule has 0 fully saturated rings. The minimum Gasteiger partial charge on any atom is -0.364 e. The molecule has 0 spiro atoms. The molecule has 6 heteroatoms. The molecule has 0 aliphatic rings. The first-order valence-corrected chi connectivity index (χ1v) is 5.57. The second kappa shape index (κ2) is 4.67. The van der Waals surface area contributed by atoms with E-state index in [0.29, 0.717) is 13.1 Å². The Morgan fingerprint density at radius 1 is 1.29 bits per heavy atom. The van der Waals surface area contributed by atoms with Crippen LogP contribution in [0.15, 0.2) is 23.0 Å². The number of nitrogens with zero attached hydrogens (tertiary/aromatic N) is 4. The molecule has 17 heavy (non-hydrogen) atoms. The Balaban J connectivity index is 1.85. The van der Waals surface area contributed by atoms with Crippen LogP contribution in [0, 0.1) is 0 Å². The molecule has 92 valence electrons. The molecule has 2 aromatic heterocycles. The van der Waals surface area contributed by atoms with Gasteiger partial charge in [0, 0.05) is 19.2 Å². The standard InChI is InChI=1S/C11H17N5O/c1-11(2,3)16-8-10(13-15-16)7-12-6-9-4-5-17-14-9/h4-5,8,12H,6-7H2,1-3H3.